The maximum atomic E-state index is 10.8. The molecule has 0 radical (unpaired) electrons. The summed E-state index contributed by atoms with van der Waals surface area (Å²) in [5.74, 6) is 0.180. The SMILES string of the molecule is COc1cccc(OCc2nc(C)c(C(=O)O)o2)c1. The predicted molar refractivity (Wildman–Crippen MR) is 65.5 cm³/mol. The van der Waals surface area contributed by atoms with Crippen LogP contribution in [0.3, 0.4) is 0 Å². The number of rotatable bonds is 5. The van der Waals surface area contributed by atoms with Crippen molar-refractivity contribution in [3.8, 4) is 11.5 Å². The van der Waals surface area contributed by atoms with Gasteiger partial charge in [0, 0.05) is 6.07 Å². The Morgan fingerprint density at radius 3 is 2.79 bits per heavy atom. The molecule has 0 spiro atoms. The molecule has 0 bridgehead atoms. The van der Waals surface area contributed by atoms with Crippen LogP contribution in [0.2, 0.25) is 0 Å². The van der Waals surface area contributed by atoms with E-state index in [-0.39, 0.29) is 18.3 Å². The predicted octanol–water partition coefficient (Wildman–Crippen LogP) is 2.27. The van der Waals surface area contributed by atoms with Crippen molar-refractivity contribution in [2.75, 3.05) is 7.11 Å². The minimum Gasteiger partial charge on any atom is -0.497 e. The summed E-state index contributed by atoms with van der Waals surface area (Å²) in [6, 6.07) is 7.06. The number of aromatic carboxylic acids is 1. The second kappa shape index (κ2) is 5.43. The average Bonchev–Trinajstić information content (AvgIpc) is 2.78. The van der Waals surface area contributed by atoms with Gasteiger partial charge in [-0.15, -0.1) is 0 Å². The van der Waals surface area contributed by atoms with Crippen molar-refractivity contribution in [3.05, 3.63) is 41.6 Å². The molecule has 0 aliphatic rings. The third kappa shape index (κ3) is 3.04. The monoisotopic (exact) mass is 263 g/mol. The highest BCUT2D eigenvalue weighted by molar-refractivity contribution is 5.85. The molecule has 2 rings (SSSR count). The van der Waals surface area contributed by atoms with Crippen LogP contribution in [0.15, 0.2) is 28.7 Å². The molecule has 1 N–H and O–H groups in total. The van der Waals surface area contributed by atoms with Gasteiger partial charge in [-0.3, -0.25) is 0 Å². The highest BCUT2D eigenvalue weighted by Gasteiger charge is 2.16. The van der Waals surface area contributed by atoms with E-state index in [1.54, 1.807) is 38.3 Å². The van der Waals surface area contributed by atoms with Crippen molar-refractivity contribution in [3.63, 3.8) is 0 Å². The molecule has 0 aliphatic carbocycles. The van der Waals surface area contributed by atoms with E-state index in [0.29, 0.717) is 17.2 Å². The molecule has 100 valence electrons. The first-order valence-electron chi connectivity index (χ1n) is 5.56. The molecule has 1 heterocycles. The van der Waals surface area contributed by atoms with Gasteiger partial charge in [0.25, 0.3) is 0 Å². The quantitative estimate of drug-likeness (QED) is 0.891. The van der Waals surface area contributed by atoms with Gasteiger partial charge >= 0.3 is 5.97 Å². The summed E-state index contributed by atoms with van der Waals surface area (Å²) in [5, 5.41) is 8.84. The van der Waals surface area contributed by atoms with E-state index in [0.717, 1.165) is 0 Å². The second-order valence-corrected chi connectivity index (χ2v) is 3.79. The van der Waals surface area contributed by atoms with Crippen molar-refractivity contribution in [1.82, 2.24) is 4.98 Å². The lowest BCUT2D eigenvalue weighted by Crippen LogP contribution is -1.96. The van der Waals surface area contributed by atoms with E-state index < -0.39 is 5.97 Å². The largest absolute Gasteiger partial charge is 0.497 e. The molecule has 0 atom stereocenters. The topological polar surface area (TPSA) is 81.8 Å². The fourth-order valence-electron chi connectivity index (χ4n) is 1.55. The summed E-state index contributed by atoms with van der Waals surface area (Å²) in [7, 11) is 1.57. The molecular weight excluding hydrogens is 250 g/mol. The van der Waals surface area contributed by atoms with E-state index >= 15 is 0 Å². The molecule has 0 unspecified atom stereocenters. The van der Waals surface area contributed by atoms with Gasteiger partial charge in [-0.25, -0.2) is 9.78 Å². The first-order valence-corrected chi connectivity index (χ1v) is 5.56. The van der Waals surface area contributed by atoms with Crippen molar-refractivity contribution in [2.45, 2.75) is 13.5 Å². The normalized spacial score (nSPS) is 10.2. The first-order chi connectivity index (χ1) is 9.10. The van der Waals surface area contributed by atoms with E-state index in [9.17, 15) is 4.79 Å². The minimum atomic E-state index is -1.14. The Bertz CT molecular complexity index is 590. The number of hydrogen-bond acceptors (Lipinski definition) is 5. The zero-order valence-corrected chi connectivity index (χ0v) is 10.5. The zero-order valence-electron chi connectivity index (χ0n) is 10.5. The Morgan fingerprint density at radius 1 is 1.42 bits per heavy atom. The van der Waals surface area contributed by atoms with Gasteiger partial charge in [0.15, 0.2) is 6.61 Å². The maximum Gasteiger partial charge on any atom is 0.373 e. The molecule has 0 saturated heterocycles. The summed E-state index contributed by atoms with van der Waals surface area (Å²) >= 11 is 0. The van der Waals surface area contributed by atoms with Crippen LogP contribution in [0.4, 0.5) is 0 Å². The van der Waals surface area contributed by atoms with Crippen molar-refractivity contribution in [2.24, 2.45) is 0 Å². The van der Waals surface area contributed by atoms with Gasteiger partial charge in [0.05, 0.1) is 12.8 Å². The lowest BCUT2D eigenvalue weighted by atomic mass is 10.3. The summed E-state index contributed by atoms with van der Waals surface area (Å²) in [5.41, 5.74) is 0.330. The van der Waals surface area contributed by atoms with Crippen molar-refractivity contribution >= 4 is 5.97 Å². The molecule has 6 nitrogen and oxygen atoms in total. The van der Waals surface area contributed by atoms with Crippen LogP contribution in [0.5, 0.6) is 11.5 Å². The highest BCUT2D eigenvalue weighted by Crippen LogP contribution is 2.20. The third-order valence-electron chi connectivity index (χ3n) is 2.44. The number of carbonyl (C=O) groups is 1. The molecule has 19 heavy (non-hydrogen) atoms. The lowest BCUT2D eigenvalue weighted by molar-refractivity contribution is 0.0657. The van der Waals surface area contributed by atoms with E-state index in [4.69, 9.17) is 19.0 Å². The lowest BCUT2D eigenvalue weighted by Gasteiger charge is -2.05. The smallest absolute Gasteiger partial charge is 0.373 e. The number of methoxy groups -OCH3 is 1. The van der Waals surface area contributed by atoms with Crippen LogP contribution in [-0.2, 0) is 6.61 Å². The van der Waals surface area contributed by atoms with Crippen molar-refractivity contribution < 1.29 is 23.8 Å². The fourth-order valence-corrected chi connectivity index (χ4v) is 1.55. The summed E-state index contributed by atoms with van der Waals surface area (Å²) < 4.78 is 15.6. The Morgan fingerprint density at radius 2 is 2.16 bits per heavy atom. The minimum absolute atomic E-state index is 0.0568. The number of carboxylic acid groups (broad SMARTS) is 1. The molecule has 0 aliphatic heterocycles. The molecule has 0 fully saturated rings. The molecule has 1 aromatic carbocycles. The number of aryl methyl sites for hydroxylation is 1. The summed E-state index contributed by atoms with van der Waals surface area (Å²) in [4.78, 5) is 14.8. The van der Waals surface area contributed by atoms with Crippen LogP contribution in [0.25, 0.3) is 0 Å². The third-order valence-corrected chi connectivity index (χ3v) is 2.44. The van der Waals surface area contributed by atoms with Crippen LogP contribution in [-0.4, -0.2) is 23.2 Å². The average molecular weight is 263 g/mol. The zero-order chi connectivity index (χ0) is 13.8. The Hall–Kier alpha value is -2.50. The van der Waals surface area contributed by atoms with Gasteiger partial charge in [-0.2, -0.15) is 0 Å². The molecule has 2 aromatic rings. The summed E-state index contributed by atoms with van der Waals surface area (Å²) in [6.45, 7) is 1.63. The molecule has 0 saturated carbocycles. The van der Waals surface area contributed by atoms with E-state index in [1.165, 1.54) is 0 Å². The number of benzene rings is 1. The molecular formula is C13H13NO5. The highest BCUT2D eigenvalue weighted by atomic mass is 16.5. The number of carboxylic acids is 1. The van der Waals surface area contributed by atoms with E-state index in [1.807, 2.05) is 0 Å². The van der Waals surface area contributed by atoms with Crippen LogP contribution < -0.4 is 9.47 Å². The second-order valence-electron chi connectivity index (χ2n) is 3.79. The number of ether oxygens (including phenoxy) is 2. The van der Waals surface area contributed by atoms with Crippen molar-refractivity contribution in [1.29, 1.82) is 0 Å². The van der Waals surface area contributed by atoms with Crippen LogP contribution >= 0.6 is 0 Å². The van der Waals surface area contributed by atoms with Gasteiger partial charge in [0.2, 0.25) is 11.7 Å². The van der Waals surface area contributed by atoms with Crippen LogP contribution in [0.1, 0.15) is 22.1 Å². The fraction of sp³-hybridized carbons (Fsp3) is 0.231. The van der Waals surface area contributed by atoms with E-state index in [2.05, 4.69) is 4.98 Å². The Kier molecular flexibility index (Phi) is 3.70. The summed E-state index contributed by atoms with van der Waals surface area (Å²) in [6.07, 6.45) is 0. The molecule has 6 heteroatoms. The Balaban J connectivity index is 2.06. The maximum absolute atomic E-state index is 10.8. The molecule has 1 aromatic heterocycles. The standard InChI is InChI=1S/C13H13NO5/c1-8-12(13(15)16)19-11(14-8)7-18-10-5-3-4-9(6-10)17-2/h3-6H,7H2,1-2H3,(H,15,16). The number of aromatic nitrogens is 1. The van der Waals surface area contributed by atoms with Gasteiger partial charge in [-0.1, -0.05) is 6.07 Å². The first kappa shape index (κ1) is 12.9. The number of hydrogen-bond donors (Lipinski definition) is 1. The van der Waals surface area contributed by atoms with Gasteiger partial charge in [0.1, 0.15) is 11.5 Å². The number of oxazole rings is 1. The molecule has 0 amide bonds. The van der Waals surface area contributed by atoms with Gasteiger partial charge in [-0.05, 0) is 19.1 Å². The van der Waals surface area contributed by atoms with Gasteiger partial charge < -0.3 is 19.0 Å². The number of nitrogens with zero attached hydrogens (tertiary/aromatic N) is 1. The Labute approximate surface area is 109 Å². The van der Waals surface area contributed by atoms with Crippen LogP contribution in [0, 0.1) is 6.92 Å².